The van der Waals surface area contributed by atoms with Crippen LogP contribution in [-0.2, 0) is 0 Å². The van der Waals surface area contributed by atoms with Gasteiger partial charge in [-0.05, 0) is 88.7 Å². The van der Waals surface area contributed by atoms with Crippen molar-refractivity contribution < 1.29 is 4.39 Å². The molecule has 0 saturated carbocycles. The Bertz CT molecular complexity index is 2040. The highest BCUT2D eigenvalue weighted by molar-refractivity contribution is 7.25. The number of para-hydroxylation sites is 2. The van der Waals surface area contributed by atoms with E-state index in [2.05, 4.69) is 117 Å². The predicted octanol–water partition coefficient (Wildman–Crippen LogP) is 11.1. The maximum atomic E-state index is 14.0. The number of rotatable bonds is 5. The van der Waals surface area contributed by atoms with Gasteiger partial charge in [-0.1, -0.05) is 76.2 Å². The maximum Gasteiger partial charge on any atom is 0.145 e. The summed E-state index contributed by atoms with van der Waals surface area (Å²) in [4.78, 5) is 5.23. The second-order valence-corrected chi connectivity index (χ2v) is 12.5. The molecule has 202 valence electrons. The zero-order valence-corrected chi connectivity index (χ0v) is 24.5. The second kappa shape index (κ2) is 9.97. The Labute approximate surface area is 243 Å². The minimum absolute atomic E-state index is 0.201. The van der Waals surface area contributed by atoms with Gasteiger partial charge in [0.2, 0.25) is 0 Å². The Morgan fingerprint density at radius 3 is 2.07 bits per heavy atom. The van der Waals surface area contributed by atoms with Crippen molar-refractivity contribution in [2.45, 2.75) is 39.5 Å². The number of aromatic nitrogens is 2. The molecular weight excluding hydrogens is 523 g/mol. The molecular formula is C37H31FN2S. The van der Waals surface area contributed by atoms with E-state index in [9.17, 15) is 4.39 Å². The molecule has 5 aromatic carbocycles. The van der Waals surface area contributed by atoms with Gasteiger partial charge in [0.25, 0.3) is 0 Å². The number of benzene rings is 5. The van der Waals surface area contributed by atoms with Gasteiger partial charge < -0.3 is 0 Å². The first-order valence-electron chi connectivity index (χ1n) is 14.2. The first kappa shape index (κ1) is 25.7. The van der Waals surface area contributed by atoms with Gasteiger partial charge in [-0.25, -0.2) is 9.37 Å². The van der Waals surface area contributed by atoms with Crippen molar-refractivity contribution in [1.29, 1.82) is 0 Å². The molecule has 0 fully saturated rings. The van der Waals surface area contributed by atoms with Crippen LogP contribution in [0.3, 0.4) is 0 Å². The van der Waals surface area contributed by atoms with Crippen molar-refractivity contribution in [2.24, 2.45) is 0 Å². The summed E-state index contributed by atoms with van der Waals surface area (Å²) in [5.41, 5.74) is 9.40. The quantitative estimate of drug-likeness (QED) is 0.207. The first-order chi connectivity index (χ1) is 19.9. The molecule has 0 spiro atoms. The highest BCUT2D eigenvalue weighted by Crippen LogP contribution is 2.42. The summed E-state index contributed by atoms with van der Waals surface area (Å²) in [7, 11) is 0. The van der Waals surface area contributed by atoms with Crippen LogP contribution in [0.1, 0.15) is 50.7 Å². The van der Waals surface area contributed by atoms with E-state index in [0.717, 1.165) is 42.6 Å². The Hall–Kier alpha value is -4.28. The third kappa shape index (κ3) is 4.34. The van der Waals surface area contributed by atoms with Crippen molar-refractivity contribution in [2.75, 3.05) is 0 Å². The molecule has 0 N–H and O–H groups in total. The lowest BCUT2D eigenvalue weighted by Gasteiger charge is -2.24. The van der Waals surface area contributed by atoms with Crippen LogP contribution < -0.4 is 0 Å². The van der Waals surface area contributed by atoms with Gasteiger partial charge in [-0.3, -0.25) is 4.57 Å². The predicted molar refractivity (Wildman–Crippen MR) is 173 cm³/mol. The lowest BCUT2D eigenvalue weighted by Crippen LogP contribution is -2.09. The van der Waals surface area contributed by atoms with Gasteiger partial charge in [-0.2, -0.15) is 0 Å². The summed E-state index contributed by atoms with van der Waals surface area (Å²) in [6.07, 6.45) is 0. The zero-order chi connectivity index (χ0) is 28.2. The maximum absolute atomic E-state index is 14.0. The SMILES string of the molecule is CC(C)c1cc(-c2ccccc2)cc(C(C)C)c1-n1c(-c2ccc3sc4cc(F)ccc4c3c2)nc2ccccc21. The molecule has 2 aromatic heterocycles. The van der Waals surface area contributed by atoms with Crippen LogP contribution in [0.25, 0.3) is 59.4 Å². The lowest BCUT2D eigenvalue weighted by molar-refractivity contribution is 0.630. The fourth-order valence-electron chi connectivity index (χ4n) is 5.95. The van der Waals surface area contributed by atoms with Crippen LogP contribution in [-0.4, -0.2) is 9.55 Å². The zero-order valence-electron chi connectivity index (χ0n) is 23.7. The molecule has 2 nitrogen and oxygen atoms in total. The molecule has 0 aliphatic heterocycles. The monoisotopic (exact) mass is 554 g/mol. The van der Waals surface area contributed by atoms with Crippen LogP contribution in [0.15, 0.2) is 103 Å². The average Bonchev–Trinajstić information content (AvgIpc) is 3.54. The highest BCUT2D eigenvalue weighted by Gasteiger charge is 2.24. The molecule has 0 bridgehead atoms. The van der Waals surface area contributed by atoms with Crippen molar-refractivity contribution in [1.82, 2.24) is 9.55 Å². The number of hydrogen-bond acceptors (Lipinski definition) is 2. The summed E-state index contributed by atoms with van der Waals surface area (Å²) in [5, 5.41) is 2.21. The van der Waals surface area contributed by atoms with Crippen LogP contribution in [0, 0.1) is 5.82 Å². The van der Waals surface area contributed by atoms with Crippen molar-refractivity contribution in [3.63, 3.8) is 0 Å². The largest absolute Gasteiger partial charge is 0.292 e. The summed E-state index contributed by atoms with van der Waals surface area (Å²) in [6, 6.07) is 35.4. The molecule has 4 heteroatoms. The highest BCUT2D eigenvalue weighted by atomic mass is 32.1. The Balaban J connectivity index is 1.54. The summed E-state index contributed by atoms with van der Waals surface area (Å²) in [6.45, 7) is 9.11. The van der Waals surface area contributed by atoms with E-state index >= 15 is 0 Å². The molecule has 41 heavy (non-hydrogen) atoms. The van der Waals surface area contributed by atoms with Crippen molar-refractivity contribution in [3.8, 4) is 28.2 Å². The molecule has 0 unspecified atom stereocenters. The van der Waals surface area contributed by atoms with Crippen molar-refractivity contribution >= 4 is 42.5 Å². The van der Waals surface area contributed by atoms with Crippen LogP contribution in [0.2, 0.25) is 0 Å². The minimum atomic E-state index is -0.201. The van der Waals surface area contributed by atoms with Gasteiger partial charge in [0, 0.05) is 25.7 Å². The number of fused-ring (bicyclic) bond motifs is 4. The van der Waals surface area contributed by atoms with Gasteiger partial charge in [-0.15, -0.1) is 11.3 Å². The second-order valence-electron chi connectivity index (χ2n) is 11.4. The molecule has 7 aromatic rings. The Kier molecular flexibility index (Phi) is 6.24. The molecule has 0 radical (unpaired) electrons. The van der Waals surface area contributed by atoms with E-state index in [-0.39, 0.29) is 5.82 Å². The first-order valence-corrected chi connectivity index (χ1v) is 15.0. The number of nitrogens with zero attached hydrogens (tertiary/aromatic N) is 2. The third-order valence-electron chi connectivity index (χ3n) is 8.00. The van der Waals surface area contributed by atoms with E-state index in [1.54, 1.807) is 23.5 Å². The Morgan fingerprint density at radius 2 is 1.34 bits per heavy atom. The molecule has 0 aliphatic carbocycles. The molecule has 0 amide bonds. The number of imidazole rings is 1. The molecule has 2 heterocycles. The molecule has 7 rings (SSSR count). The normalized spacial score (nSPS) is 12.0. The number of thiophene rings is 1. The van der Waals surface area contributed by atoms with Gasteiger partial charge in [0.05, 0.1) is 16.7 Å². The fraction of sp³-hybridized carbons (Fsp3) is 0.162. The summed E-state index contributed by atoms with van der Waals surface area (Å²) in [5.74, 6) is 1.33. The number of hydrogen-bond donors (Lipinski definition) is 0. The summed E-state index contributed by atoms with van der Waals surface area (Å²) < 4.78 is 18.5. The third-order valence-corrected chi connectivity index (χ3v) is 9.13. The molecule has 0 aliphatic rings. The minimum Gasteiger partial charge on any atom is -0.292 e. The topological polar surface area (TPSA) is 17.8 Å². The van der Waals surface area contributed by atoms with Gasteiger partial charge in [0.15, 0.2) is 0 Å². The van der Waals surface area contributed by atoms with Gasteiger partial charge >= 0.3 is 0 Å². The number of halogens is 1. The average molecular weight is 555 g/mol. The fourth-order valence-corrected chi connectivity index (χ4v) is 7.06. The smallest absolute Gasteiger partial charge is 0.145 e. The van der Waals surface area contributed by atoms with Gasteiger partial charge in [0.1, 0.15) is 11.6 Å². The Morgan fingerprint density at radius 1 is 0.634 bits per heavy atom. The van der Waals surface area contributed by atoms with Crippen molar-refractivity contribution in [3.05, 3.63) is 120 Å². The lowest BCUT2D eigenvalue weighted by atomic mass is 9.88. The van der Waals surface area contributed by atoms with Crippen LogP contribution in [0.5, 0.6) is 0 Å². The van der Waals surface area contributed by atoms with E-state index in [1.165, 1.54) is 27.9 Å². The standard InChI is InChI=1S/C37H31FN2S/c1-22(2)29-19-26(24-10-6-5-7-11-24)20-30(23(3)4)36(29)40-33-13-9-8-12-32(33)39-37(40)25-14-17-34-31(18-25)28-16-15-27(38)21-35(28)41-34/h5-23H,1-4H3. The van der Waals surface area contributed by atoms with E-state index in [4.69, 9.17) is 4.98 Å². The van der Waals surface area contributed by atoms with E-state index in [0.29, 0.717) is 11.8 Å². The molecule has 0 saturated heterocycles. The molecule has 0 atom stereocenters. The van der Waals surface area contributed by atoms with Crippen LogP contribution >= 0.6 is 11.3 Å². The van der Waals surface area contributed by atoms with E-state index in [1.807, 2.05) is 6.07 Å². The van der Waals surface area contributed by atoms with E-state index < -0.39 is 0 Å². The summed E-state index contributed by atoms with van der Waals surface area (Å²) >= 11 is 1.63. The van der Waals surface area contributed by atoms with Crippen LogP contribution in [0.4, 0.5) is 4.39 Å².